The second-order valence-corrected chi connectivity index (χ2v) is 3.11. The molecule has 1 aromatic rings. The highest BCUT2D eigenvalue weighted by Gasteiger charge is 1.97. The van der Waals surface area contributed by atoms with Crippen molar-refractivity contribution >= 4 is 11.9 Å². The first-order valence-corrected chi connectivity index (χ1v) is 4.85. The zero-order valence-electron chi connectivity index (χ0n) is 8.16. The Bertz CT molecular complexity index is 250. The molecular formula is C8H17N5O. The average molecular weight is 199 g/mol. The molecule has 0 saturated carbocycles. The zero-order valence-corrected chi connectivity index (χ0v) is 8.16. The number of nitrogens with zero attached hydrogens (tertiary/aromatic N) is 2. The highest BCUT2D eigenvalue weighted by Crippen LogP contribution is 2.02. The van der Waals surface area contributed by atoms with E-state index in [1.54, 1.807) is 0 Å². The maximum Gasteiger partial charge on any atom is 0.243 e. The van der Waals surface area contributed by atoms with E-state index in [9.17, 15) is 0 Å². The first kappa shape index (κ1) is 10.8. The highest BCUT2D eigenvalue weighted by atomic mass is 16.2. The predicted molar refractivity (Wildman–Crippen MR) is 54.8 cm³/mol. The number of nitrogen functional groups attached to an aromatic ring is 1. The van der Waals surface area contributed by atoms with E-state index in [1.807, 2.05) is 0 Å². The zero-order chi connectivity index (χ0) is 10.2. The molecule has 0 aromatic carbocycles. The van der Waals surface area contributed by atoms with Gasteiger partial charge >= 0.3 is 0 Å². The number of hydrogen-bond acceptors (Lipinski definition) is 5. The number of nitrogens with two attached hydrogens (primary N) is 1. The van der Waals surface area contributed by atoms with Crippen molar-refractivity contribution in [1.29, 1.82) is 0 Å². The normalized spacial score (nSPS) is 10.4. The second-order valence-electron chi connectivity index (χ2n) is 3.11. The molecular weight excluding hydrogens is 182 g/mol. The van der Waals surface area contributed by atoms with Crippen LogP contribution in [0.4, 0.5) is 11.9 Å². The first-order chi connectivity index (χ1) is 6.83. The second kappa shape index (κ2) is 6.20. The molecule has 80 valence electrons. The Labute approximate surface area is 82.9 Å². The summed E-state index contributed by atoms with van der Waals surface area (Å²) in [6.45, 7) is 1.12. The van der Waals surface area contributed by atoms with Gasteiger partial charge in [-0.15, -0.1) is 5.10 Å². The average Bonchev–Trinajstić information content (AvgIpc) is 2.58. The van der Waals surface area contributed by atoms with Gasteiger partial charge in [-0.3, -0.25) is 0 Å². The molecule has 0 fully saturated rings. The van der Waals surface area contributed by atoms with Gasteiger partial charge in [0.25, 0.3) is 0 Å². The Balaban J connectivity index is 1.99. The van der Waals surface area contributed by atoms with Crippen molar-refractivity contribution < 1.29 is 5.11 Å². The quantitative estimate of drug-likeness (QED) is 0.475. The van der Waals surface area contributed by atoms with Gasteiger partial charge in [-0.2, -0.15) is 4.98 Å². The lowest BCUT2D eigenvalue weighted by molar-refractivity contribution is 0.283. The number of anilines is 2. The van der Waals surface area contributed by atoms with Crippen LogP contribution in [0, 0.1) is 0 Å². The molecule has 0 saturated heterocycles. The lowest BCUT2D eigenvalue weighted by Crippen LogP contribution is -2.03. The van der Waals surface area contributed by atoms with Crippen LogP contribution in [0.3, 0.4) is 0 Å². The predicted octanol–water partition coefficient (Wildman–Crippen LogP) is 0.351. The van der Waals surface area contributed by atoms with E-state index < -0.39 is 0 Å². The van der Waals surface area contributed by atoms with Crippen LogP contribution in [0.5, 0.6) is 0 Å². The Kier molecular flexibility index (Phi) is 4.77. The third kappa shape index (κ3) is 4.08. The standard InChI is InChI=1S/C8H17N5O/c9-7-11-8(13-12-7)10-5-3-1-2-4-6-14/h14H,1-6H2,(H4,9,10,11,12,13). The largest absolute Gasteiger partial charge is 0.396 e. The van der Waals surface area contributed by atoms with E-state index in [2.05, 4.69) is 20.5 Å². The van der Waals surface area contributed by atoms with E-state index >= 15 is 0 Å². The van der Waals surface area contributed by atoms with Gasteiger partial charge in [0.15, 0.2) is 0 Å². The molecule has 0 unspecified atom stereocenters. The molecule has 14 heavy (non-hydrogen) atoms. The summed E-state index contributed by atoms with van der Waals surface area (Å²) in [7, 11) is 0. The van der Waals surface area contributed by atoms with Crippen molar-refractivity contribution in [2.45, 2.75) is 25.7 Å². The Morgan fingerprint density at radius 3 is 2.71 bits per heavy atom. The van der Waals surface area contributed by atoms with Crippen LogP contribution in [0.25, 0.3) is 0 Å². The van der Waals surface area contributed by atoms with Gasteiger partial charge in [-0.1, -0.05) is 12.8 Å². The summed E-state index contributed by atoms with van der Waals surface area (Å²) in [6.07, 6.45) is 4.10. The number of aliphatic hydroxyl groups is 1. The molecule has 0 amide bonds. The van der Waals surface area contributed by atoms with Crippen LogP contribution in [0.15, 0.2) is 0 Å². The molecule has 1 rings (SSSR count). The van der Waals surface area contributed by atoms with Crippen LogP contribution in [0.1, 0.15) is 25.7 Å². The fourth-order valence-corrected chi connectivity index (χ4v) is 1.14. The Morgan fingerprint density at radius 2 is 2.07 bits per heavy atom. The molecule has 6 nitrogen and oxygen atoms in total. The van der Waals surface area contributed by atoms with Gasteiger partial charge in [0, 0.05) is 13.2 Å². The third-order valence-electron chi connectivity index (χ3n) is 1.87. The van der Waals surface area contributed by atoms with Crippen LogP contribution < -0.4 is 11.1 Å². The van der Waals surface area contributed by atoms with E-state index in [0.717, 1.165) is 32.2 Å². The number of aromatic amines is 1. The molecule has 1 aromatic heterocycles. The molecule has 0 aliphatic carbocycles. The number of unbranched alkanes of at least 4 members (excludes halogenated alkanes) is 3. The molecule has 0 atom stereocenters. The van der Waals surface area contributed by atoms with Crippen LogP contribution in [-0.4, -0.2) is 33.4 Å². The van der Waals surface area contributed by atoms with Gasteiger partial charge in [-0.05, 0) is 12.8 Å². The fourth-order valence-electron chi connectivity index (χ4n) is 1.14. The molecule has 5 N–H and O–H groups in total. The SMILES string of the molecule is Nc1nc(NCCCCCCO)n[nH]1. The minimum absolute atomic E-state index is 0.283. The van der Waals surface area contributed by atoms with Gasteiger partial charge in [-0.25, -0.2) is 5.10 Å². The Morgan fingerprint density at radius 1 is 1.29 bits per heavy atom. The summed E-state index contributed by atoms with van der Waals surface area (Å²) in [6, 6.07) is 0. The molecule has 0 bridgehead atoms. The molecule has 1 heterocycles. The van der Waals surface area contributed by atoms with E-state index in [0.29, 0.717) is 11.9 Å². The number of aromatic nitrogens is 3. The van der Waals surface area contributed by atoms with Gasteiger partial charge in [0.2, 0.25) is 11.9 Å². The van der Waals surface area contributed by atoms with Gasteiger partial charge in [0.05, 0.1) is 0 Å². The molecule has 0 aliphatic heterocycles. The summed E-state index contributed by atoms with van der Waals surface area (Å²) in [5.41, 5.74) is 5.35. The third-order valence-corrected chi connectivity index (χ3v) is 1.87. The van der Waals surface area contributed by atoms with Crippen molar-refractivity contribution in [3.05, 3.63) is 0 Å². The maximum absolute atomic E-state index is 8.55. The van der Waals surface area contributed by atoms with E-state index in [-0.39, 0.29) is 6.61 Å². The van der Waals surface area contributed by atoms with Crippen LogP contribution in [-0.2, 0) is 0 Å². The number of nitrogens with one attached hydrogen (secondary N) is 2. The number of H-pyrrole nitrogens is 1. The van der Waals surface area contributed by atoms with Crippen molar-refractivity contribution in [2.75, 3.05) is 24.2 Å². The topological polar surface area (TPSA) is 99.8 Å². The maximum atomic E-state index is 8.55. The summed E-state index contributed by atoms with van der Waals surface area (Å²) in [5.74, 6) is 0.873. The number of aliphatic hydroxyl groups excluding tert-OH is 1. The smallest absolute Gasteiger partial charge is 0.243 e. The lowest BCUT2D eigenvalue weighted by atomic mass is 10.2. The summed E-state index contributed by atoms with van der Waals surface area (Å²) in [5, 5.41) is 18.0. The Hall–Kier alpha value is -1.30. The summed E-state index contributed by atoms with van der Waals surface area (Å²) < 4.78 is 0. The van der Waals surface area contributed by atoms with Crippen LogP contribution >= 0.6 is 0 Å². The van der Waals surface area contributed by atoms with Crippen molar-refractivity contribution in [3.63, 3.8) is 0 Å². The first-order valence-electron chi connectivity index (χ1n) is 4.85. The molecule has 0 spiro atoms. The van der Waals surface area contributed by atoms with E-state index in [1.165, 1.54) is 0 Å². The van der Waals surface area contributed by atoms with Crippen molar-refractivity contribution in [2.24, 2.45) is 0 Å². The monoisotopic (exact) mass is 199 g/mol. The van der Waals surface area contributed by atoms with Crippen LogP contribution in [0.2, 0.25) is 0 Å². The van der Waals surface area contributed by atoms with Gasteiger partial charge in [0.1, 0.15) is 0 Å². The lowest BCUT2D eigenvalue weighted by Gasteiger charge is -2.00. The summed E-state index contributed by atoms with van der Waals surface area (Å²) >= 11 is 0. The van der Waals surface area contributed by atoms with Gasteiger partial charge < -0.3 is 16.2 Å². The minimum Gasteiger partial charge on any atom is -0.396 e. The molecule has 6 heteroatoms. The summed E-state index contributed by atoms with van der Waals surface area (Å²) in [4.78, 5) is 3.90. The van der Waals surface area contributed by atoms with E-state index in [4.69, 9.17) is 10.8 Å². The highest BCUT2D eigenvalue weighted by molar-refractivity contribution is 5.29. The van der Waals surface area contributed by atoms with Crippen molar-refractivity contribution in [3.8, 4) is 0 Å². The fraction of sp³-hybridized carbons (Fsp3) is 0.750. The minimum atomic E-state index is 0.283. The van der Waals surface area contributed by atoms with Crippen molar-refractivity contribution in [1.82, 2.24) is 15.2 Å². The molecule has 0 aliphatic rings. The number of hydrogen-bond donors (Lipinski definition) is 4. The number of rotatable bonds is 7. The molecule has 0 radical (unpaired) electrons.